The predicted octanol–water partition coefficient (Wildman–Crippen LogP) is 3.32. The third kappa shape index (κ3) is 7.69. The minimum Gasteiger partial charge on any atom is -0.493 e. The zero-order valence-electron chi connectivity index (χ0n) is 23.3. The van der Waals surface area contributed by atoms with Gasteiger partial charge in [-0.15, -0.1) is 0 Å². The number of piperazine rings is 1. The number of carbonyl (C=O) groups is 1. The van der Waals surface area contributed by atoms with Crippen molar-refractivity contribution in [3.63, 3.8) is 0 Å². The number of likely N-dealkylation sites (tertiary alicyclic amines) is 1. The molecule has 37 heavy (non-hydrogen) atoms. The van der Waals surface area contributed by atoms with E-state index in [1.807, 2.05) is 6.07 Å². The Morgan fingerprint density at radius 3 is 2.27 bits per heavy atom. The van der Waals surface area contributed by atoms with E-state index in [-0.39, 0.29) is 11.8 Å². The molecule has 0 radical (unpaired) electrons. The lowest BCUT2D eigenvalue weighted by molar-refractivity contribution is -0.128. The van der Waals surface area contributed by atoms with E-state index in [1.165, 1.54) is 16.7 Å². The number of nitrogens with zero attached hydrogens (tertiary/aromatic N) is 3. The highest BCUT2D eigenvalue weighted by atomic mass is 16.5. The number of likely N-dealkylation sites (N-methyl/N-ethyl adjacent to an activating group) is 1. The zero-order chi connectivity index (χ0) is 26.4. The van der Waals surface area contributed by atoms with Crippen molar-refractivity contribution in [1.82, 2.24) is 20.0 Å². The summed E-state index contributed by atoms with van der Waals surface area (Å²) in [5.41, 5.74) is 4.80. The number of nitrogens with one attached hydrogen (secondary N) is 1. The Bertz CT molecular complexity index is 1030. The molecule has 2 heterocycles. The molecule has 0 aliphatic carbocycles. The summed E-state index contributed by atoms with van der Waals surface area (Å²) in [6.07, 6.45) is 0.938. The largest absolute Gasteiger partial charge is 0.493 e. The van der Waals surface area contributed by atoms with Crippen LogP contribution in [0.2, 0.25) is 0 Å². The van der Waals surface area contributed by atoms with Gasteiger partial charge < -0.3 is 24.6 Å². The van der Waals surface area contributed by atoms with Crippen molar-refractivity contribution < 1.29 is 14.3 Å². The number of hydrogen-bond acceptors (Lipinski definition) is 6. The number of amides is 1. The standard InChI is InChI=1S/C30H44N4O3/c1-22-12-23(2)14-25(13-22)17-31-30(35)27-15-26(19-33-10-8-32(3)9-11-33)20-34(21-27)18-24-6-7-28(36-4)29(16-24)37-5/h6-7,12-14,16,26-27H,8-11,15,17-21H2,1-5H3,(H,31,35)/t26-,27-/m1/s1. The van der Waals surface area contributed by atoms with Crippen molar-refractivity contribution in [1.29, 1.82) is 0 Å². The molecule has 2 fully saturated rings. The molecule has 0 saturated carbocycles. The van der Waals surface area contributed by atoms with Crippen LogP contribution in [0.5, 0.6) is 11.5 Å². The lowest BCUT2D eigenvalue weighted by Gasteiger charge is -2.41. The summed E-state index contributed by atoms with van der Waals surface area (Å²) < 4.78 is 10.9. The summed E-state index contributed by atoms with van der Waals surface area (Å²) >= 11 is 0. The van der Waals surface area contributed by atoms with Crippen LogP contribution >= 0.6 is 0 Å². The average molecular weight is 509 g/mol. The maximum Gasteiger partial charge on any atom is 0.224 e. The molecule has 0 spiro atoms. The zero-order valence-corrected chi connectivity index (χ0v) is 23.3. The van der Waals surface area contributed by atoms with Gasteiger partial charge in [-0.2, -0.15) is 0 Å². The minimum atomic E-state index is -0.0164. The van der Waals surface area contributed by atoms with Gasteiger partial charge in [-0.1, -0.05) is 35.4 Å². The Labute approximate surface area is 222 Å². The van der Waals surface area contributed by atoms with Crippen molar-refractivity contribution in [3.05, 3.63) is 58.7 Å². The van der Waals surface area contributed by atoms with E-state index in [4.69, 9.17) is 9.47 Å². The Morgan fingerprint density at radius 1 is 0.892 bits per heavy atom. The van der Waals surface area contributed by atoms with Crippen LogP contribution < -0.4 is 14.8 Å². The second-order valence-electron chi connectivity index (χ2n) is 11.0. The molecular weight excluding hydrogens is 464 g/mol. The predicted molar refractivity (Wildman–Crippen MR) is 148 cm³/mol. The number of hydrogen-bond donors (Lipinski definition) is 1. The Balaban J connectivity index is 1.44. The normalized spacial score (nSPS) is 21.5. The molecule has 0 bridgehead atoms. The first kappa shape index (κ1) is 27.4. The van der Waals surface area contributed by atoms with Crippen molar-refractivity contribution in [3.8, 4) is 11.5 Å². The first-order valence-corrected chi connectivity index (χ1v) is 13.5. The van der Waals surface area contributed by atoms with Crippen LogP contribution in [0.1, 0.15) is 28.7 Å². The lowest BCUT2D eigenvalue weighted by Crippen LogP contribution is -2.51. The fourth-order valence-electron chi connectivity index (χ4n) is 5.89. The number of ether oxygens (including phenoxy) is 2. The summed E-state index contributed by atoms with van der Waals surface area (Å²) in [5.74, 6) is 2.10. The maximum atomic E-state index is 13.4. The highest BCUT2D eigenvalue weighted by Crippen LogP contribution is 2.30. The molecule has 2 saturated heterocycles. The van der Waals surface area contributed by atoms with Crippen LogP contribution in [0.25, 0.3) is 0 Å². The van der Waals surface area contributed by atoms with Gasteiger partial charge in [0.05, 0.1) is 20.1 Å². The minimum absolute atomic E-state index is 0.0164. The van der Waals surface area contributed by atoms with Crippen LogP contribution in [-0.2, 0) is 17.9 Å². The van der Waals surface area contributed by atoms with Crippen LogP contribution in [0.3, 0.4) is 0 Å². The van der Waals surface area contributed by atoms with Crippen molar-refractivity contribution in [2.75, 3.05) is 67.1 Å². The molecule has 7 heteroatoms. The van der Waals surface area contributed by atoms with Crippen LogP contribution in [0.15, 0.2) is 36.4 Å². The second kappa shape index (κ2) is 12.8. The third-order valence-electron chi connectivity index (χ3n) is 7.70. The van der Waals surface area contributed by atoms with Gasteiger partial charge in [0, 0.05) is 58.9 Å². The van der Waals surface area contributed by atoms with Gasteiger partial charge >= 0.3 is 0 Å². The van der Waals surface area contributed by atoms with E-state index in [0.29, 0.717) is 12.5 Å². The average Bonchev–Trinajstić information content (AvgIpc) is 2.88. The van der Waals surface area contributed by atoms with Crippen molar-refractivity contribution in [2.24, 2.45) is 11.8 Å². The molecule has 2 aliphatic rings. The van der Waals surface area contributed by atoms with E-state index < -0.39 is 0 Å². The summed E-state index contributed by atoms with van der Waals surface area (Å²) in [4.78, 5) is 20.8. The summed E-state index contributed by atoms with van der Waals surface area (Å²) in [6.45, 7) is 12.8. The summed E-state index contributed by atoms with van der Waals surface area (Å²) in [6, 6.07) is 12.6. The molecule has 2 atom stereocenters. The molecular formula is C30H44N4O3. The Kier molecular flexibility index (Phi) is 9.46. The molecule has 202 valence electrons. The van der Waals surface area contributed by atoms with Gasteiger partial charge in [-0.25, -0.2) is 0 Å². The van der Waals surface area contributed by atoms with E-state index >= 15 is 0 Å². The van der Waals surface area contributed by atoms with Crippen LogP contribution in [-0.4, -0.2) is 87.7 Å². The van der Waals surface area contributed by atoms with E-state index in [0.717, 1.165) is 75.8 Å². The number of piperidine rings is 1. The number of rotatable bonds is 9. The number of methoxy groups -OCH3 is 2. The van der Waals surface area contributed by atoms with Gasteiger partial charge in [-0.05, 0) is 56.5 Å². The SMILES string of the molecule is COc1ccc(CN2C[C@@H](CN3CCN(C)CC3)C[C@@H](C(=O)NCc3cc(C)cc(C)c3)C2)cc1OC. The van der Waals surface area contributed by atoms with Crippen LogP contribution in [0, 0.1) is 25.7 Å². The van der Waals surface area contributed by atoms with Crippen LogP contribution in [0.4, 0.5) is 0 Å². The second-order valence-corrected chi connectivity index (χ2v) is 11.0. The molecule has 2 aromatic rings. The summed E-state index contributed by atoms with van der Waals surface area (Å²) in [7, 11) is 5.52. The number of benzene rings is 2. The van der Waals surface area contributed by atoms with E-state index in [1.54, 1.807) is 14.2 Å². The lowest BCUT2D eigenvalue weighted by atomic mass is 9.87. The van der Waals surface area contributed by atoms with Crippen molar-refractivity contribution >= 4 is 5.91 Å². The smallest absolute Gasteiger partial charge is 0.224 e. The third-order valence-corrected chi connectivity index (χ3v) is 7.70. The monoisotopic (exact) mass is 508 g/mol. The van der Waals surface area contributed by atoms with Gasteiger partial charge in [0.1, 0.15) is 0 Å². The molecule has 1 N–H and O–H groups in total. The van der Waals surface area contributed by atoms with Gasteiger partial charge in [0.2, 0.25) is 5.91 Å². The fourth-order valence-corrected chi connectivity index (χ4v) is 5.89. The highest BCUT2D eigenvalue weighted by molar-refractivity contribution is 5.79. The quantitative estimate of drug-likeness (QED) is 0.561. The van der Waals surface area contributed by atoms with Gasteiger partial charge in [0.25, 0.3) is 0 Å². The molecule has 1 amide bonds. The molecule has 2 aliphatic heterocycles. The summed E-state index contributed by atoms with van der Waals surface area (Å²) in [5, 5.41) is 3.25. The first-order valence-electron chi connectivity index (χ1n) is 13.5. The maximum absolute atomic E-state index is 13.4. The molecule has 0 unspecified atom stereocenters. The Hall–Kier alpha value is -2.61. The van der Waals surface area contributed by atoms with Gasteiger partial charge in [-0.3, -0.25) is 9.69 Å². The fraction of sp³-hybridized carbons (Fsp3) is 0.567. The number of aryl methyl sites for hydroxylation is 2. The first-order chi connectivity index (χ1) is 17.8. The molecule has 0 aromatic heterocycles. The van der Waals surface area contributed by atoms with Crippen molar-refractivity contribution in [2.45, 2.75) is 33.4 Å². The Morgan fingerprint density at radius 2 is 1.59 bits per heavy atom. The van der Waals surface area contributed by atoms with E-state index in [9.17, 15) is 4.79 Å². The topological polar surface area (TPSA) is 57.3 Å². The molecule has 7 nitrogen and oxygen atoms in total. The molecule has 4 rings (SSSR count). The number of carbonyl (C=O) groups excluding carboxylic acids is 1. The highest BCUT2D eigenvalue weighted by Gasteiger charge is 2.33. The molecule has 2 aromatic carbocycles. The van der Waals surface area contributed by atoms with Gasteiger partial charge in [0.15, 0.2) is 11.5 Å². The van der Waals surface area contributed by atoms with E-state index in [2.05, 4.69) is 71.2 Å².